The summed E-state index contributed by atoms with van der Waals surface area (Å²) < 4.78 is 21.8. The number of H-pyrrole nitrogens is 2. The number of benzene rings is 3. The first kappa shape index (κ1) is 45.4. The number of carbonyl (C=O) groups excluding carboxylic acids is 4. The summed E-state index contributed by atoms with van der Waals surface area (Å²) in [5.74, 6) is 1.91. The Bertz CT molecular complexity index is 2540. The first-order chi connectivity index (χ1) is 31.4. The lowest BCUT2D eigenvalue weighted by Gasteiger charge is -2.34. The molecule has 4 amide bonds. The monoisotopic (exact) mass is 890 g/mol. The largest absolute Gasteiger partial charge is 0.488 e. The van der Waals surface area contributed by atoms with Crippen LogP contribution in [0.1, 0.15) is 96.4 Å². The number of fused-ring (bicyclic) bond motifs is 6. The van der Waals surface area contributed by atoms with Crippen LogP contribution in [0.15, 0.2) is 48.7 Å². The third-order valence-electron chi connectivity index (χ3n) is 13.7. The van der Waals surface area contributed by atoms with Crippen molar-refractivity contribution in [3.63, 3.8) is 0 Å². The second-order valence-electron chi connectivity index (χ2n) is 18.1. The van der Waals surface area contributed by atoms with Crippen molar-refractivity contribution in [3.05, 3.63) is 65.9 Å². The fourth-order valence-electron chi connectivity index (χ4n) is 9.81. The molecule has 3 aliphatic rings. The zero-order chi connectivity index (χ0) is 45.9. The van der Waals surface area contributed by atoms with Crippen molar-refractivity contribution in [1.29, 1.82) is 0 Å². The second kappa shape index (κ2) is 19.5. The number of imidazole rings is 2. The number of methoxy groups -OCH3 is 2. The Balaban J connectivity index is 1.04. The molecular formula is C49H62N8O8. The van der Waals surface area contributed by atoms with Crippen molar-refractivity contribution in [3.8, 4) is 28.1 Å². The van der Waals surface area contributed by atoms with Gasteiger partial charge in [-0.25, -0.2) is 19.6 Å². The van der Waals surface area contributed by atoms with Crippen LogP contribution in [0.4, 0.5) is 9.59 Å². The molecule has 2 fully saturated rings. The molecule has 0 radical (unpaired) electrons. The van der Waals surface area contributed by atoms with Crippen LogP contribution >= 0.6 is 0 Å². The molecule has 16 heteroatoms. The zero-order valence-electron chi connectivity index (χ0n) is 38.5. The van der Waals surface area contributed by atoms with Crippen molar-refractivity contribution in [2.75, 3.05) is 34.0 Å². The van der Waals surface area contributed by atoms with E-state index in [-0.39, 0.29) is 48.2 Å². The highest BCUT2D eigenvalue weighted by molar-refractivity contribution is 6.07. The van der Waals surface area contributed by atoms with Crippen molar-refractivity contribution < 1.29 is 38.1 Å². The van der Waals surface area contributed by atoms with Crippen LogP contribution in [0.25, 0.3) is 44.2 Å². The molecule has 16 nitrogen and oxygen atoms in total. The number of likely N-dealkylation sites (tertiary alicyclic amines) is 1. The predicted octanol–water partition coefficient (Wildman–Crippen LogP) is 8.01. The number of ether oxygens (including phenoxy) is 4. The number of rotatable bonds is 14. The average molecular weight is 891 g/mol. The third-order valence-corrected chi connectivity index (χ3v) is 13.7. The molecule has 65 heavy (non-hydrogen) atoms. The molecule has 5 aromatic rings. The summed E-state index contributed by atoms with van der Waals surface area (Å²) >= 11 is 0. The van der Waals surface area contributed by atoms with Crippen LogP contribution in [0.3, 0.4) is 0 Å². The summed E-state index contributed by atoms with van der Waals surface area (Å²) in [5, 5.41) is 7.57. The highest BCUT2D eigenvalue weighted by Gasteiger charge is 2.41. The van der Waals surface area contributed by atoms with Crippen LogP contribution in [0.5, 0.6) is 5.75 Å². The molecule has 0 aliphatic carbocycles. The van der Waals surface area contributed by atoms with Gasteiger partial charge in [-0.1, -0.05) is 58.7 Å². The van der Waals surface area contributed by atoms with Crippen LogP contribution in [0, 0.1) is 17.8 Å². The molecule has 5 heterocycles. The van der Waals surface area contributed by atoms with Crippen molar-refractivity contribution in [2.45, 2.75) is 110 Å². The number of hydrogen-bond donors (Lipinski definition) is 4. The van der Waals surface area contributed by atoms with E-state index in [1.54, 1.807) is 0 Å². The average Bonchev–Trinajstić information content (AvgIpc) is 4.08. The number of hydrogen-bond acceptors (Lipinski definition) is 10. The van der Waals surface area contributed by atoms with Crippen LogP contribution < -0.4 is 15.4 Å². The molecule has 8 rings (SSSR count). The Kier molecular flexibility index (Phi) is 13.6. The Labute approximate surface area is 379 Å². The maximum atomic E-state index is 14.5. The highest BCUT2D eigenvalue weighted by Crippen LogP contribution is 2.43. The van der Waals surface area contributed by atoms with Gasteiger partial charge in [-0.15, -0.1) is 0 Å². The molecule has 0 spiro atoms. The molecule has 4 atom stereocenters. The maximum Gasteiger partial charge on any atom is 0.407 e. The summed E-state index contributed by atoms with van der Waals surface area (Å²) in [5.41, 5.74) is 6.55. The lowest BCUT2D eigenvalue weighted by molar-refractivity contribution is -0.138. The number of carbonyl (C=O) groups is 4. The fraction of sp³-hybridized carbons (Fsp3) is 0.510. The van der Waals surface area contributed by atoms with Crippen LogP contribution in [-0.2, 0) is 37.0 Å². The normalized spacial score (nSPS) is 18.3. The zero-order valence-corrected chi connectivity index (χ0v) is 38.5. The Morgan fingerprint density at radius 2 is 1.68 bits per heavy atom. The van der Waals surface area contributed by atoms with Gasteiger partial charge in [0.05, 0.1) is 49.7 Å². The lowest BCUT2D eigenvalue weighted by atomic mass is 9.90. The molecule has 346 valence electrons. The van der Waals surface area contributed by atoms with Gasteiger partial charge >= 0.3 is 12.2 Å². The summed E-state index contributed by atoms with van der Waals surface area (Å²) in [4.78, 5) is 73.5. The Hall–Kier alpha value is -6.16. The molecular weight excluding hydrogens is 829 g/mol. The van der Waals surface area contributed by atoms with Gasteiger partial charge < -0.3 is 49.3 Å². The molecule has 0 bridgehead atoms. The summed E-state index contributed by atoms with van der Waals surface area (Å²) in [6, 6.07) is 12.9. The van der Waals surface area contributed by atoms with Crippen LogP contribution in [0.2, 0.25) is 0 Å². The van der Waals surface area contributed by atoms with E-state index in [1.165, 1.54) is 14.2 Å². The minimum Gasteiger partial charge on any atom is -0.488 e. The van der Waals surface area contributed by atoms with Crippen LogP contribution in [-0.4, -0.2) is 106 Å². The van der Waals surface area contributed by atoms with Crippen molar-refractivity contribution in [2.24, 2.45) is 17.8 Å². The SMILES string of the molecule is CCC(CC)CN(Cc1nc2ccc3cc4c(cc3c2[nH]1)OCc1cc(-c2cnc([C@@H]3CC[C@H](C)N3C(=O)[C@@H](NC(=O)OC)C(C)C)[nH]2)ccc1-4)C(=O)[C@@H](NC(=O)OC)C1CCOCC1. The minimum absolute atomic E-state index is 0.0195. The number of aromatic nitrogens is 4. The first-order valence-corrected chi connectivity index (χ1v) is 23.0. The molecule has 3 aliphatic heterocycles. The van der Waals surface area contributed by atoms with Gasteiger partial charge in [0.1, 0.15) is 36.1 Å². The molecule has 2 saturated heterocycles. The third kappa shape index (κ3) is 9.36. The van der Waals surface area contributed by atoms with Gasteiger partial charge in [-0.2, -0.15) is 0 Å². The number of nitrogens with zero attached hydrogens (tertiary/aromatic N) is 4. The lowest BCUT2D eigenvalue weighted by Crippen LogP contribution is -2.54. The first-order valence-electron chi connectivity index (χ1n) is 23.0. The number of alkyl carbamates (subject to hydrolysis) is 2. The molecule has 0 saturated carbocycles. The van der Waals surface area contributed by atoms with E-state index in [0.29, 0.717) is 50.9 Å². The van der Waals surface area contributed by atoms with E-state index in [4.69, 9.17) is 28.9 Å². The van der Waals surface area contributed by atoms with E-state index in [2.05, 4.69) is 70.8 Å². The van der Waals surface area contributed by atoms with Crippen molar-refractivity contribution >= 4 is 45.8 Å². The van der Waals surface area contributed by atoms with E-state index >= 15 is 0 Å². The van der Waals surface area contributed by atoms with E-state index in [9.17, 15) is 19.2 Å². The minimum atomic E-state index is -0.739. The fourth-order valence-corrected chi connectivity index (χ4v) is 9.81. The van der Waals surface area contributed by atoms with Gasteiger partial charge in [0.25, 0.3) is 0 Å². The molecule has 3 aromatic carbocycles. The molecule has 2 aromatic heterocycles. The van der Waals surface area contributed by atoms with Gasteiger partial charge in [0, 0.05) is 36.8 Å². The topological polar surface area (TPSA) is 193 Å². The van der Waals surface area contributed by atoms with E-state index in [1.807, 2.05) is 42.8 Å². The maximum absolute atomic E-state index is 14.5. The smallest absolute Gasteiger partial charge is 0.407 e. The second-order valence-corrected chi connectivity index (χ2v) is 18.1. The summed E-state index contributed by atoms with van der Waals surface area (Å²) in [6.07, 6.45) is 5.29. The summed E-state index contributed by atoms with van der Waals surface area (Å²) in [6.45, 7) is 12.4. The number of aromatic amines is 2. The Morgan fingerprint density at radius 1 is 0.923 bits per heavy atom. The van der Waals surface area contributed by atoms with Gasteiger partial charge in [-0.3, -0.25) is 9.59 Å². The molecule has 4 N–H and O–H groups in total. The quantitative estimate of drug-likeness (QED) is 0.0849. The molecule has 0 unspecified atom stereocenters. The standard InChI is InChI=1S/C49H62N8O8/c1-8-29(9-2)24-56(46(58)43(55-49(61)63-7)30-16-18-64-19-17-30)25-41-51-37-14-12-31-21-36-34-13-11-32(20-33(34)26-65-40(36)22-35(31)44(37)53-41)38-23-50-45(52-38)39-15-10-28(5)57(39)47(59)42(27(3)4)54-48(60)62-6/h11-14,20-23,27-30,39,42-43H,8-10,15-19,24-26H2,1-7H3,(H,50,52)(H,51,53)(H,54,60)(H,55,61)/t28-,39-,42-,43-/m0/s1. The highest BCUT2D eigenvalue weighted by atomic mass is 16.5. The van der Waals surface area contributed by atoms with E-state index < -0.39 is 24.3 Å². The summed E-state index contributed by atoms with van der Waals surface area (Å²) in [7, 11) is 2.61. The Morgan fingerprint density at radius 3 is 2.40 bits per heavy atom. The van der Waals surface area contributed by atoms with E-state index in [0.717, 1.165) is 81.2 Å². The van der Waals surface area contributed by atoms with Gasteiger partial charge in [0.15, 0.2) is 0 Å². The van der Waals surface area contributed by atoms with Gasteiger partial charge in [0.2, 0.25) is 11.8 Å². The van der Waals surface area contributed by atoms with Gasteiger partial charge in [-0.05, 0) is 96.7 Å². The predicted molar refractivity (Wildman–Crippen MR) is 246 cm³/mol. The van der Waals surface area contributed by atoms with Crippen molar-refractivity contribution in [1.82, 2.24) is 40.4 Å². The number of nitrogens with one attached hydrogen (secondary N) is 4. The number of amides is 4.